The molecule has 0 atom stereocenters. The lowest BCUT2D eigenvalue weighted by atomic mass is 10.1. The second-order valence-corrected chi connectivity index (χ2v) is 8.97. The van der Waals surface area contributed by atoms with Crippen molar-refractivity contribution in [2.75, 3.05) is 13.1 Å². The van der Waals surface area contributed by atoms with Gasteiger partial charge in [-0.25, -0.2) is 17.1 Å². The molecule has 0 aliphatic carbocycles. The summed E-state index contributed by atoms with van der Waals surface area (Å²) in [4.78, 5) is 4.59. The minimum atomic E-state index is -3.68. The normalized spacial score (nSPS) is 14.6. The number of benzene rings is 3. The highest BCUT2D eigenvalue weighted by Crippen LogP contribution is 2.27. The Morgan fingerprint density at radius 1 is 1.00 bits per heavy atom. The molecule has 1 aliphatic rings. The molecular formula is C20H17FN2O2S2. The van der Waals surface area contributed by atoms with Gasteiger partial charge in [0.1, 0.15) is 5.82 Å². The van der Waals surface area contributed by atoms with E-state index >= 15 is 0 Å². The van der Waals surface area contributed by atoms with E-state index < -0.39 is 10.0 Å². The minimum absolute atomic E-state index is 0.252. The highest BCUT2D eigenvalue weighted by atomic mass is 32.2. The van der Waals surface area contributed by atoms with Crippen LogP contribution in [0.4, 0.5) is 4.39 Å². The SMILES string of the molecule is O=S(=O)(c1ccc2ccccc2c1)N1CCN=C1SCc1cccc(F)c1. The molecule has 0 bridgehead atoms. The average Bonchev–Trinajstić information content (AvgIpc) is 3.15. The van der Waals surface area contributed by atoms with Crippen molar-refractivity contribution in [3.63, 3.8) is 0 Å². The number of aliphatic imine (C=N–C) groups is 1. The Kier molecular flexibility index (Phi) is 4.88. The van der Waals surface area contributed by atoms with E-state index in [1.807, 2.05) is 36.4 Å². The standard InChI is InChI=1S/C20H17FN2O2S2/c21-18-7-3-4-15(12-18)14-26-20-22-10-11-23(20)27(24,25)19-9-8-16-5-1-2-6-17(16)13-19/h1-9,12-13H,10-11,14H2. The Morgan fingerprint density at radius 3 is 2.63 bits per heavy atom. The molecule has 0 radical (unpaired) electrons. The molecule has 27 heavy (non-hydrogen) atoms. The van der Waals surface area contributed by atoms with Crippen LogP contribution >= 0.6 is 11.8 Å². The van der Waals surface area contributed by atoms with Crippen molar-refractivity contribution in [2.24, 2.45) is 4.99 Å². The van der Waals surface area contributed by atoms with E-state index in [-0.39, 0.29) is 10.7 Å². The molecule has 1 aliphatic heterocycles. The number of amidine groups is 1. The quantitative estimate of drug-likeness (QED) is 0.657. The van der Waals surface area contributed by atoms with Crippen LogP contribution in [0.3, 0.4) is 0 Å². The van der Waals surface area contributed by atoms with Crippen LogP contribution in [0.5, 0.6) is 0 Å². The second kappa shape index (κ2) is 7.32. The van der Waals surface area contributed by atoms with E-state index in [4.69, 9.17) is 0 Å². The zero-order chi connectivity index (χ0) is 18.9. The molecule has 0 saturated carbocycles. The third-order valence-electron chi connectivity index (χ3n) is 4.33. The maximum atomic E-state index is 13.3. The van der Waals surface area contributed by atoms with E-state index in [1.54, 1.807) is 18.2 Å². The van der Waals surface area contributed by atoms with Gasteiger partial charge >= 0.3 is 0 Å². The summed E-state index contributed by atoms with van der Waals surface area (Å²) >= 11 is 1.31. The zero-order valence-electron chi connectivity index (χ0n) is 14.4. The van der Waals surface area contributed by atoms with Gasteiger partial charge in [0.2, 0.25) is 0 Å². The van der Waals surface area contributed by atoms with Crippen molar-refractivity contribution in [3.05, 3.63) is 78.1 Å². The van der Waals surface area contributed by atoms with Crippen LogP contribution in [-0.2, 0) is 15.8 Å². The van der Waals surface area contributed by atoms with Crippen LogP contribution in [0.1, 0.15) is 5.56 Å². The first kappa shape index (κ1) is 18.0. The molecular weight excluding hydrogens is 383 g/mol. The lowest BCUT2D eigenvalue weighted by Crippen LogP contribution is -2.32. The number of halogens is 1. The van der Waals surface area contributed by atoms with Crippen LogP contribution < -0.4 is 0 Å². The maximum Gasteiger partial charge on any atom is 0.265 e. The van der Waals surface area contributed by atoms with E-state index in [2.05, 4.69) is 4.99 Å². The van der Waals surface area contributed by atoms with Gasteiger partial charge in [-0.05, 0) is 40.6 Å². The third-order valence-corrected chi connectivity index (χ3v) is 7.32. The van der Waals surface area contributed by atoms with Crippen molar-refractivity contribution in [1.29, 1.82) is 0 Å². The predicted molar refractivity (Wildman–Crippen MR) is 108 cm³/mol. The van der Waals surface area contributed by atoms with Gasteiger partial charge in [-0.2, -0.15) is 0 Å². The van der Waals surface area contributed by atoms with Gasteiger partial charge in [-0.1, -0.05) is 54.2 Å². The summed E-state index contributed by atoms with van der Waals surface area (Å²) in [6.07, 6.45) is 0. The Morgan fingerprint density at radius 2 is 1.81 bits per heavy atom. The zero-order valence-corrected chi connectivity index (χ0v) is 16.0. The largest absolute Gasteiger partial charge is 0.265 e. The smallest absolute Gasteiger partial charge is 0.260 e. The minimum Gasteiger partial charge on any atom is -0.260 e. The molecule has 3 aromatic carbocycles. The first-order valence-corrected chi connectivity index (χ1v) is 10.9. The fraction of sp³-hybridized carbons (Fsp3) is 0.150. The number of sulfonamides is 1. The fourth-order valence-electron chi connectivity index (χ4n) is 2.98. The van der Waals surface area contributed by atoms with Crippen molar-refractivity contribution >= 4 is 37.7 Å². The number of hydrogen-bond acceptors (Lipinski definition) is 4. The van der Waals surface area contributed by atoms with E-state index in [0.29, 0.717) is 24.0 Å². The molecule has 1 heterocycles. The summed E-state index contributed by atoms with van der Waals surface area (Å²) < 4.78 is 40.9. The van der Waals surface area contributed by atoms with Gasteiger partial charge in [0.15, 0.2) is 5.17 Å². The van der Waals surface area contributed by atoms with Crippen LogP contribution in [0.2, 0.25) is 0 Å². The van der Waals surface area contributed by atoms with Gasteiger partial charge in [-0.3, -0.25) is 4.99 Å². The summed E-state index contributed by atoms with van der Waals surface area (Å²) in [5.74, 6) is 0.155. The average molecular weight is 401 g/mol. The number of nitrogens with zero attached hydrogens (tertiary/aromatic N) is 2. The van der Waals surface area contributed by atoms with Crippen molar-refractivity contribution in [1.82, 2.24) is 4.31 Å². The summed E-state index contributed by atoms with van der Waals surface area (Å²) in [5, 5.41) is 2.32. The van der Waals surface area contributed by atoms with E-state index in [9.17, 15) is 12.8 Å². The number of hydrogen-bond donors (Lipinski definition) is 0. The number of thioether (sulfide) groups is 1. The van der Waals surface area contributed by atoms with Crippen molar-refractivity contribution < 1.29 is 12.8 Å². The molecule has 0 aromatic heterocycles. The Hall–Kier alpha value is -2.38. The first-order chi connectivity index (χ1) is 13.0. The summed E-state index contributed by atoms with van der Waals surface area (Å²) in [6, 6.07) is 19.1. The molecule has 0 spiro atoms. The molecule has 0 N–H and O–H groups in total. The first-order valence-electron chi connectivity index (χ1n) is 8.47. The van der Waals surface area contributed by atoms with Gasteiger partial charge in [0, 0.05) is 5.75 Å². The third kappa shape index (κ3) is 3.70. The Balaban J connectivity index is 1.57. The predicted octanol–water partition coefficient (Wildman–Crippen LogP) is 4.27. The molecule has 0 saturated heterocycles. The topological polar surface area (TPSA) is 49.7 Å². The highest BCUT2D eigenvalue weighted by Gasteiger charge is 2.31. The van der Waals surface area contributed by atoms with Crippen LogP contribution in [0.25, 0.3) is 10.8 Å². The van der Waals surface area contributed by atoms with Gasteiger partial charge in [0.25, 0.3) is 10.0 Å². The molecule has 7 heteroatoms. The second-order valence-electron chi connectivity index (χ2n) is 6.17. The molecule has 138 valence electrons. The monoisotopic (exact) mass is 400 g/mol. The van der Waals surface area contributed by atoms with Gasteiger partial charge in [-0.15, -0.1) is 0 Å². The Bertz CT molecular complexity index is 1130. The van der Waals surface area contributed by atoms with Crippen LogP contribution in [-0.4, -0.2) is 31.0 Å². The maximum absolute atomic E-state index is 13.3. The molecule has 0 fully saturated rings. The molecule has 0 amide bonds. The molecule has 4 nitrogen and oxygen atoms in total. The molecule has 3 aromatic rings. The molecule has 4 rings (SSSR count). The number of fused-ring (bicyclic) bond motifs is 1. The highest BCUT2D eigenvalue weighted by molar-refractivity contribution is 8.14. The summed E-state index contributed by atoms with van der Waals surface area (Å²) in [7, 11) is -3.68. The van der Waals surface area contributed by atoms with Crippen LogP contribution in [0, 0.1) is 5.82 Å². The lowest BCUT2D eigenvalue weighted by molar-refractivity contribution is 0.540. The molecule has 0 unspecified atom stereocenters. The van der Waals surface area contributed by atoms with Crippen LogP contribution in [0.15, 0.2) is 76.6 Å². The van der Waals surface area contributed by atoms with Crippen molar-refractivity contribution in [2.45, 2.75) is 10.6 Å². The van der Waals surface area contributed by atoms with E-state index in [0.717, 1.165) is 16.3 Å². The van der Waals surface area contributed by atoms with Gasteiger partial charge in [0.05, 0.1) is 18.0 Å². The van der Waals surface area contributed by atoms with E-state index in [1.165, 1.54) is 28.2 Å². The lowest BCUT2D eigenvalue weighted by Gasteiger charge is -2.20. The summed E-state index contributed by atoms with van der Waals surface area (Å²) in [6.45, 7) is 0.749. The Labute approximate surface area is 161 Å². The van der Waals surface area contributed by atoms with Gasteiger partial charge < -0.3 is 0 Å². The number of rotatable bonds is 4. The fourth-order valence-corrected chi connectivity index (χ4v) is 5.68. The van der Waals surface area contributed by atoms with Crippen molar-refractivity contribution in [3.8, 4) is 0 Å². The summed E-state index contributed by atoms with van der Waals surface area (Å²) in [5.41, 5.74) is 0.789.